The standard InChI is InChI=1S/C19H19N3O2/c1-13-10-19(17-11-16(24-3)8-9-18(17)21-13)22-20-12-14-4-6-15(23-2)7-5-14/h4-12H,1-3H3,(H,21,22)/b20-12-. The van der Waals surface area contributed by atoms with E-state index in [0.29, 0.717) is 0 Å². The van der Waals surface area contributed by atoms with Crippen molar-refractivity contribution in [2.24, 2.45) is 5.10 Å². The maximum Gasteiger partial charge on any atom is 0.119 e. The van der Waals surface area contributed by atoms with Gasteiger partial charge < -0.3 is 9.47 Å². The molecule has 0 fully saturated rings. The molecule has 0 spiro atoms. The molecule has 0 aliphatic rings. The minimum atomic E-state index is 0.787. The molecule has 3 aromatic rings. The zero-order chi connectivity index (χ0) is 16.9. The van der Waals surface area contributed by atoms with Gasteiger partial charge in [-0.3, -0.25) is 10.4 Å². The Morgan fingerprint density at radius 1 is 0.958 bits per heavy atom. The van der Waals surface area contributed by atoms with Crippen molar-refractivity contribution in [3.05, 3.63) is 59.8 Å². The molecule has 3 rings (SSSR count). The lowest BCUT2D eigenvalue weighted by Crippen LogP contribution is -1.95. The van der Waals surface area contributed by atoms with Gasteiger partial charge in [-0.15, -0.1) is 0 Å². The Labute approximate surface area is 140 Å². The van der Waals surface area contributed by atoms with Crippen LogP contribution in [0, 0.1) is 6.92 Å². The molecule has 0 bridgehead atoms. The minimum absolute atomic E-state index is 0.787. The van der Waals surface area contributed by atoms with E-state index in [4.69, 9.17) is 9.47 Å². The predicted molar refractivity (Wildman–Crippen MR) is 97.2 cm³/mol. The van der Waals surface area contributed by atoms with Crippen LogP contribution >= 0.6 is 0 Å². The molecule has 1 heterocycles. The van der Waals surface area contributed by atoms with Gasteiger partial charge in [0, 0.05) is 11.1 Å². The van der Waals surface area contributed by atoms with Crippen LogP contribution in [0.25, 0.3) is 10.9 Å². The molecule has 0 unspecified atom stereocenters. The highest BCUT2D eigenvalue weighted by Crippen LogP contribution is 2.27. The minimum Gasteiger partial charge on any atom is -0.497 e. The summed E-state index contributed by atoms with van der Waals surface area (Å²) in [5.41, 5.74) is 6.80. The molecule has 5 heteroatoms. The summed E-state index contributed by atoms with van der Waals surface area (Å²) in [6.45, 7) is 1.96. The van der Waals surface area contributed by atoms with Crippen LogP contribution < -0.4 is 14.9 Å². The van der Waals surface area contributed by atoms with Crippen molar-refractivity contribution in [3.8, 4) is 11.5 Å². The molecule has 0 atom stereocenters. The van der Waals surface area contributed by atoms with Gasteiger partial charge in [-0.2, -0.15) is 5.10 Å². The molecule has 0 saturated carbocycles. The number of hydrogen-bond acceptors (Lipinski definition) is 5. The molecule has 1 N–H and O–H groups in total. The molecule has 0 aliphatic carbocycles. The number of methoxy groups -OCH3 is 2. The summed E-state index contributed by atoms with van der Waals surface area (Å²) < 4.78 is 10.4. The number of rotatable bonds is 5. The van der Waals surface area contributed by atoms with E-state index >= 15 is 0 Å². The van der Waals surface area contributed by atoms with Gasteiger partial charge in [-0.1, -0.05) is 0 Å². The Morgan fingerprint density at radius 3 is 2.38 bits per heavy atom. The number of hydrogen-bond donors (Lipinski definition) is 1. The highest BCUT2D eigenvalue weighted by molar-refractivity contribution is 5.93. The van der Waals surface area contributed by atoms with Gasteiger partial charge in [0.15, 0.2) is 0 Å². The second-order valence-electron chi connectivity index (χ2n) is 5.34. The molecule has 24 heavy (non-hydrogen) atoms. The van der Waals surface area contributed by atoms with Crippen molar-refractivity contribution in [1.29, 1.82) is 0 Å². The van der Waals surface area contributed by atoms with Crippen LogP contribution in [0.15, 0.2) is 53.6 Å². The molecule has 0 aliphatic heterocycles. The average Bonchev–Trinajstić information content (AvgIpc) is 2.62. The largest absolute Gasteiger partial charge is 0.497 e. The van der Waals surface area contributed by atoms with Gasteiger partial charge in [-0.25, -0.2) is 0 Å². The van der Waals surface area contributed by atoms with E-state index in [2.05, 4.69) is 15.5 Å². The summed E-state index contributed by atoms with van der Waals surface area (Å²) >= 11 is 0. The molecule has 0 amide bonds. The van der Waals surface area contributed by atoms with Gasteiger partial charge in [0.25, 0.3) is 0 Å². The number of benzene rings is 2. The number of nitrogens with zero attached hydrogens (tertiary/aromatic N) is 2. The molecular weight excluding hydrogens is 302 g/mol. The number of aryl methyl sites for hydroxylation is 1. The first-order chi connectivity index (χ1) is 11.7. The van der Waals surface area contributed by atoms with Gasteiger partial charge in [0.05, 0.1) is 31.6 Å². The van der Waals surface area contributed by atoms with E-state index in [1.54, 1.807) is 20.4 Å². The Kier molecular flexibility index (Phi) is 4.61. The third kappa shape index (κ3) is 3.46. The maximum atomic E-state index is 5.30. The first-order valence-electron chi connectivity index (χ1n) is 7.58. The molecule has 0 saturated heterocycles. The van der Waals surface area contributed by atoms with Crippen molar-refractivity contribution in [3.63, 3.8) is 0 Å². The molecule has 0 radical (unpaired) electrons. The Hall–Kier alpha value is -3.08. The molecule has 5 nitrogen and oxygen atoms in total. The number of anilines is 1. The summed E-state index contributed by atoms with van der Waals surface area (Å²) in [5.74, 6) is 1.61. The van der Waals surface area contributed by atoms with E-state index in [0.717, 1.165) is 39.3 Å². The van der Waals surface area contributed by atoms with Gasteiger partial charge in [0.1, 0.15) is 11.5 Å². The zero-order valence-electron chi connectivity index (χ0n) is 13.9. The van der Waals surface area contributed by atoms with E-state index in [1.807, 2.05) is 55.5 Å². The normalized spacial score (nSPS) is 11.0. The Bertz CT molecular complexity index is 874. The van der Waals surface area contributed by atoms with Gasteiger partial charge in [-0.05, 0) is 61.0 Å². The lowest BCUT2D eigenvalue weighted by atomic mass is 10.1. The lowest BCUT2D eigenvalue weighted by Gasteiger charge is -2.09. The first kappa shape index (κ1) is 15.8. The highest BCUT2D eigenvalue weighted by Gasteiger charge is 2.05. The highest BCUT2D eigenvalue weighted by atomic mass is 16.5. The van der Waals surface area contributed by atoms with Crippen LogP contribution in [0.5, 0.6) is 11.5 Å². The van der Waals surface area contributed by atoms with Crippen LogP contribution in [0.3, 0.4) is 0 Å². The summed E-state index contributed by atoms with van der Waals surface area (Å²) in [6, 6.07) is 15.5. The number of pyridine rings is 1. The molecule has 1 aromatic heterocycles. The first-order valence-corrected chi connectivity index (χ1v) is 7.58. The summed E-state index contributed by atoms with van der Waals surface area (Å²) in [7, 11) is 3.30. The quantitative estimate of drug-likeness (QED) is 0.570. The summed E-state index contributed by atoms with van der Waals surface area (Å²) in [4.78, 5) is 4.54. The fraction of sp³-hybridized carbons (Fsp3) is 0.158. The van der Waals surface area contributed by atoms with Crippen LogP contribution in [0.1, 0.15) is 11.3 Å². The fourth-order valence-electron chi connectivity index (χ4n) is 2.42. The zero-order valence-corrected chi connectivity index (χ0v) is 13.9. The number of nitrogens with one attached hydrogen (secondary N) is 1. The van der Waals surface area contributed by atoms with Crippen molar-refractivity contribution in [2.45, 2.75) is 6.92 Å². The van der Waals surface area contributed by atoms with Crippen LogP contribution in [-0.4, -0.2) is 25.4 Å². The van der Waals surface area contributed by atoms with Crippen LogP contribution in [-0.2, 0) is 0 Å². The molecule has 2 aromatic carbocycles. The van der Waals surface area contributed by atoms with Crippen molar-refractivity contribution >= 4 is 22.8 Å². The number of aromatic nitrogens is 1. The number of ether oxygens (including phenoxy) is 2. The SMILES string of the molecule is COc1ccc(/C=N\Nc2cc(C)nc3ccc(OC)cc23)cc1. The van der Waals surface area contributed by atoms with E-state index in [1.165, 1.54) is 0 Å². The second kappa shape index (κ2) is 7.00. The smallest absolute Gasteiger partial charge is 0.119 e. The fourth-order valence-corrected chi connectivity index (χ4v) is 2.42. The Morgan fingerprint density at radius 2 is 1.67 bits per heavy atom. The van der Waals surface area contributed by atoms with E-state index < -0.39 is 0 Å². The van der Waals surface area contributed by atoms with Crippen molar-refractivity contribution < 1.29 is 9.47 Å². The number of hydrazone groups is 1. The van der Waals surface area contributed by atoms with Crippen LogP contribution in [0.2, 0.25) is 0 Å². The van der Waals surface area contributed by atoms with E-state index in [9.17, 15) is 0 Å². The maximum absolute atomic E-state index is 5.30. The van der Waals surface area contributed by atoms with Crippen molar-refractivity contribution in [1.82, 2.24) is 4.98 Å². The monoisotopic (exact) mass is 321 g/mol. The van der Waals surface area contributed by atoms with Gasteiger partial charge in [0.2, 0.25) is 0 Å². The third-order valence-corrected chi connectivity index (χ3v) is 3.66. The lowest BCUT2D eigenvalue weighted by molar-refractivity contribution is 0.415. The predicted octanol–water partition coefficient (Wildman–Crippen LogP) is 4.01. The second-order valence-corrected chi connectivity index (χ2v) is 5.34. The van der Waals surface area contributed by atoms with Crippen LogP contribution in [0.4, 0.5) is 5.69 Å². The topological polar surface area (TPSA) is 55.7 Å². The third-order valence-electron chi connectivity index (χ3n) is 3.66. The molecular formula is C19H19N3O2. The van der Waals surface area contributed by atoms with Gasteiger partial charge >= 0.3 is 0 Å². The number of fused-ring (bicyclic) bond motifs is 1. The summed E-state index contributed by atoms with van der Waals surface area (Å²) in [6.07, 6.45) is 1.77. The van der Waals surface area contributed by atoms with E-state index in [-0.39, 0.29) is 0 Å². The molecule has 122 valence electrons. The van der Waals surface area contributed by atoms with Crippen molar-refractivity contribution in [2.75, 3.05) is 19.6 Å². The summed E-state index contributed by atoms with van der Waals surface area (Å²) in [5, 5.41) is 5.29. The Balaban J connectivity index is 1.86. The average molecular weight is 321 g/mol.